The molecular weight excluding hydrogens is 226 g/mol. The third-order valence-electron chi connectivity index (χ3n) is 3.48. The van der Waals surface area contributed by atoms with Crippen LogP contribution in [-0.4, -0.2) is 29.5 Å². The van der Waals surface area contributed by atoms with Gasteiger partial charge >= 0.3 is 0 Å². The Bertz CT molecular complexity index is 371. The first-order valence-corrected chi connectivity index (χ1v) is 6.98. The average molecular weight is 251 g/mol. The second kappa shape index (κ2) is 6.34. The van der Waals surface area contributed by atoms with E-state index in [0.29, 0.717) is 6.04 Å². The molecule has 0 amide bonds. The third kappa shape index (κ3) is 4.10. The zero-order chi connectivity index (χ0) is 13.0. The Morgan fingerprint density at radius 3 is 2.94 bits per heavy atom. The Morgan fingerprint density at radius 1 is 1.56 bits per heavy atom. The van der Waals surface area contributed by atoms with Crippen LogP contribution in [0.15, 0.2) is 6.20 Å². The van der Waals surface area contributed by atoms with Crippen LogP contribution >= 0.6 is 0 Å². The summed E-state index contributed by atoms with van der Waals surface area (Å²) < 4.78 is 7.49. The molecule has 1 aliphatic rings. The molecule has 4 heteroatoms. The van der Waals surface area contributed by atoms with Crippen molar-refractivity contribution in [3.63, 3.8) is 0 Å². The summed E-state index contributed by atoms with van der Waals surface area (Å²) in [5.41, 5.74) is 2.40. The van der Waals surface area contributed by atoms with Gasteiger partial charge in [-0.2, -0.15) is 5.10 Å². The lowest BCUT2D eigenvalue weighted by atomic mass is 10.1. The van der Waals surface area contributed by atoms with Gasteiger partial charge in [-0.1, -0.05) is 0 Å². The van der Waals surface area contributed by atoms with Crippen LogP contribution in [0.4, 0.5) is 0 Å². The highest BCUT2D eigenvalue weighted by Gasteiger charge is 2.20. The first-order chi connectivity index (χ1) is 8.66. The molecule has 1 N–H and O–H groups in total. The van der Waals surface area contributed by atoms with E-state index in [2.05, 4.69) is 30.5 Å². The highest BCUT2D eigenvalue weighted by atomic mass is 16.5. The quantitative estimate of drug-likeness (QED) is 0.720. The number of nitrogens with one attached hydrogen (secondary N) is 1. The molecule has 0 radical (unpaired) electrons. The summed E-state index contributed by atoms with van der Waals surface area (Å²) >= 11 is 0. The monoisotopic (exact) mass is 251 g/mol. The van der Waals surface area contributed by atoms with Gasteiger partial charge in [-0.15, -0.1) is 0 Å². The van der Waals surface area contributed by atoms with Crippen LogP contribution in [0, 0.1) is 12.8 Å². The van der Waals surface area contributed by atoms with Crippen molar-refractivity contribution in [1.29, 1.82) is 0 Å². The highest BCUT2D eigenvalue weighted by molar-refractivity contribution is 5.19. The van der Waals surface area contributed by atoms with E-state index >= 15 is 0 Å². The van der Waals surface area contributed by atoms with Crippen molar-refractivity contribution in [3.8, 4) is 0 Å². The van der Waals surface area contributed by atoms with Gasteiger partial charge in [0.2, 0.25) is 0 Å². The number of nitrogens with zero attached hydrogens (tertiary/aromatic N) is 2. The van der Waals surface area contributed by atoms with Crippen molar-refractivity contribution in [2.45, 2.75) is 39.2 Å². The molecule has 0 bridgehead atoms. The lowest BCUT2D eigenvalue weighted by Gasteiger charge is -2.13. The van der Waals surface area contributed by atoms with Gasteiger partial charge in [0.1, 0.15) is 0 Å². The van der Waals surface area contributed by atoms with Gasteiger partial charge in [-0.3, -0.25) is 4.68 Å². The lowest BCUT2D eigenvalue weighted by molar-refractivity contribution is 0.121. The fourth-order valence-corrected chi connectivity index (χ4v) is 2.18. The van der Waals surface area contributed by atoms with Gasteiger partial charge in [-0.25, -0.2) is 0 Å². The third-order valence-corrected chi connectivity index (χ3v) is 3.48. The fourth-order valence-electron chi connectivity index (χ4n) is 2.18. The van der Waals surface area contributed by atoms with E-state index in [0.717, 1.165) is 37.8 Å². The van der Waals surface area contributed by atoms with Gasteiger partial charge in [-0.05, 0) is 45.6 Å². The van der Waals surface area contributed by atoms with Gasteiger partial charge in [0, 0.05) is 38.1 Å². The standard InChI is InChI=1S/C14H25N3O/c1-11(14-9-17(3)16-12(14)2)15-7-4-8-18-10-13-5-6-13/h9,11,13,15H,4-8,10H2,1-3H3. The second-order valence-electron chi connectivity index (χ2n) is 5.39. The number of ether oxygens (including phenoxy) is 1. The molecule has 18 heavy (non-hydrogen) atoms. The van der Waals surface area contributed by atoms with E-state index in [9.17, 15) is 0 Å². The molecule has 0 aliphatic heterocycles. The van der Waals surface area contributed by atoms with Crippen LogP contribution in [0.1, 0.15) is 43.5 Å². The van der Waals surface area contributed by atoms with Crippen molar-refractivity contribution < 1.29 is 4.74 Å². The molecule has 1 saturated carbocycles. The largest absolute Gasteiger partial charge is 0.381 e. The van der Waals surface area contributed by atoms with Crippen LogP contribution < -0.4 is 5.32 Å². The summed E-state index contributed by atoms with van der Waals surface area (Å²) in [5.74, 6) is 0.870. The van der Waals surface area contributed by atoms with E-state index in [1.807, 2.05) is 11.7 Å². The Morgan fingerprint density at radius 2 is 2.33 bits per heavy atom. The van der Waals surface area contributed by atoms with Crippen molar-refractivity contribution in [3.05, 3.63) is 17.5 Å². The fraction of sp³-hybridized carbons (Fsp3) is 0.786. The van der Waals surface area contributed by atoms with E-state index in [1.54, 1.807) is 0 Å². The molecule has 4 nitrogen and oxygen atoms in total. The summed E-state index contributed by atoms with van der Waals surface area (Å²) in [7, 11) is 1.97. The summed E-state index contributed by atoms with van der Waals surface area (Å²) in [6, 6.07) is 0.363. The first-order valence-electron chi connectivity index (χ1n) is 6.98. The van der Waals surface area contributed by atoms with Crippen LogP contribution in [0.2, 0.25) is 0 Å². The van der Waals surface area contributed by atoms with E-state index in [1.165, 1.54) is 18.4 Å². The molecule has 1 atom stereocenters. The minimum absolute atomic E-state index is 0.363. The van der Waals surface area contributed by atoms with Gasteiger partial charge in [0.25, 0.3) is 0 Å². The Kier molecular flexibility index (Phi) is 4.78. The van der Waals surface area contributed by atoms with Crippen LogP contribution in [0.3, 0.4) is 0 Å². The first kappa shape index (κ1) is 13.6. The maximum atomic E-state index is 5.62. The van der Waals surface area contributed by atoms with Crippen LogP contribution in [0.5, 0.6) is 0 Å². The maximum Gasteiger partial charge on any atom is 0.0641 e. The number of aryl methyl sites for hydroxylation is 2. The van der Waals surface area contributed by atoms with Crippen molar-refractivity contribution >= 4 is 0 Å². The summed E-state index contributed by atoms with van der Waals surface area (Å²) in [6.45, 7) is 7.10. The summed E-state index contributed by atoms with van der Waals surface area (Å²) in [4.78, 5) is 0. The molecule has 1 fully saturated rings. The number of hydrogen-bond acceptors (Lipinski definition) is 3. The molecule has 2 rings (SSSR count). The minimum atomic E-state index is 0.363. The molecule has 0 saturated heterocycles. The molecule has 1 aromatic heterocycles. The zero-order valence-corrected chi connectivity index (χ0v) is 11.8. The topological polar surface area (TPSA) is 39.1 Å². The van der Waals surface area contributed by atoms with Gasteiger partial charge < -0.3 is 10.1 Å². The van der Waals surface area contributed by atoms with Crippen LogP contribution in [0.25, 0.3) is 0 Å². The molecule has 0 aromatic carbocycles. The average Bonchev–Trinajstić information content (AvgIpc) is 3.08. The summed E-state index contributed by atoms with van der Waals surface area (Å²) in [6.07, 6.45) is 5.91. The van der Waals surface area contributed by atoms with Gasteiger partial charge in [0.05, 0.1) is 5.69 Å². The smallest absolute Gasteiger partial charge is 0.0641 e. The zero-order valence-electron chi connectivity index (χ0n) is 11.8. The lowest BCUT2D eigenvalue weighted by Crippen LogP contribution is -2.21. The second-order valence-corrected chi connectivity index (χ2v) is 5.39. The molecule has 1 aliphatic carbocycles. The predicted octanol–water partition coefficient (Wildman–Crippen LogP) is 2.20. The van der Waals surface area contributed by atoms with E-state index in [-0.39, 0.29) is 0 Å². The maximum absolute atomic E-state index is 5.62. The van der Waals surface area contributed by atoms with E-state index in [4.69, 9.17) is 4.74 Å². The van der Waals surface area contributed by atoms with Crippen molar-refractivity contribution in [2.24, 2.45) is 13.0 Å². The normalized spacial score (nSPS) is 17.1. The predicted molar refractivity (Wildman–Crippen MR) is 72.5 cm³/mol. The van der Waals surface area contributed by atoms with Crippen molar-refractivity contribution in [2.75, 3.05) is 19.8 Å². The Labute approximate surface area is 110 Å². The van der Waals surface area contributed by atoms with E-state index < -0.39 is 0 Å². The molecule has 102 valence electrons. The number of rotatable bonds is 8. The van der Waals surface area contributed by atoms with Crippen molar-refractivity contribution in [1.82, 2.24) is 15.1 Å². The molecular formula is C14H25N3O. The SMILES string of the molecule is Cc1nn(C)cc1C(C)NCCCOCC1CC1. The number of hydrogen-bond donors (Lipinski definition) is 1. The van der Waals surface area contributed by atoms with Gasteiger partial charge in [0.15, 0.2) is 0 Å². The molecule has 0 spiro atoms. The minimum Gasteiger partial charge on any atom is -0.381 e. The highest BCUT2D eigenvalue weighted by Crippen LogP contribution is 2.28. The number of aromatic nitrogens is 2. The Balaban J connectivity index is 1.58. The molecule has 1 unspecified atom stereocenters. The molecule has 1 heterocycles. The Hall–Kier alpha value is -0.870. The molecule has 1 aromatic rings. The van der Waals surface area contributed by atoms with Crippen LogP contribution in [-0.2, 0) is 11.8 Å². The summed E-state index contributed by atoms with van der Waals surface area (Å²) in [5, 5.41) is 7.89.